The van der Waals surface area contributed by atoms with E-state index in [0.717, 1.165) is 55.2 Å². The summed E-state index contributed by atoms with van der Waals surface area (Å²) >= 11 is 0. The summed E-state index contributed by atoms with van der Waals surface area (Å²) in [5, 5.41) is 2.31. The fourth-order valence-corrected chi connectivity index (χ4v) is 4.58. The second-order valence-electron chi connectivity index (χ2n) is 8.88. The van der Waals surface area contributed by atoms with Gasteiger partial charge in [0.2, 0.25) is 0 Å². The van der Waals surface area contributed by atoms with Crippen molar-refractivity contribution < 1.29 is 14.3 Å². The first-order valence-corrected chi connectivity index (χ1v) is 12.0. The summed E-state index contributed by atoms with van der Waals surface area (Å²) in [6.45, 7) is 4.43. The van der Waals surface area contributed by atoms with Gasteiger partial charge in [-0.05, 0) is 46.7 Å². The predicted octanol–water partition coefficient (Wildman–Crippen LogP) is 5.39. The first kappa shape index (κ1) is 22.9. The fraction of sp³-hybridized carbons (Fsp3) is 0.233. The molecule has 0 N–H and O–H groups in total. The number of piperazine rings is 1. The van der Waals surface area contributed by atoms with Gasteiger partial charge in [-0.2, -0.15) is 0 Å². The van der Waals surface area contributed by atoms with Crippen LogP contribution in [0.5, 0.6) is 11.5 Å². The second kappa shape index (κ2) is 10.6. The van der Waals surface area contributed by atoms with E-state index in [9.17, 15) is 4.79 Å². The minimum atomic E-state index is 0.0546. The van der Waals surface area contributed by atoms with Crippen LogP contribution >= 0.6 is 0 Å². The van der Waals surface area contributed by atoms with Crippen LogP contribution < -0.4 is 9.47 Å². The molecule has 1 saturated heterocycles. The number of hydrogen-bond donors (Lipinski definition) is 0. The topological polar surface area (TPSA) is 42.0 Å². The van der Waals surface area contributed by atoms with Crippen LogP contribution in [0, 0.1) is 0 Å². The minimum Gasteiger partial charge on any atom is -0.496 e. The number of carbonyl (C=O) groups excluding carboxylic acids is 1. The van der Waals surface area contributed by atoms with Gasteiger partial charge < -0.3 is 14.4 Å². The SMILES string of the molecule is COc1ccc(C(=O)N2CCN(Cc3ccccc3)CC2)cc1COc1ccc2ccccc2c1. The number of methoxy groups -OCH3 is 1. The zero-order valence-corrected chi connectivity index (χ0v) is 20.0. The van der Waals surface area contributed by atoms with Crippen LogP contribution in [-0.2, 0) is 13.2 Å². The van der Waals surface area contributed by atoms with E-state index in [0.29, 0.717) is 12.2 Å². The first-order chi connectivity index (χ1) is 17.2. The Hall–Kier alpha value is -3.83. The number of nitrogens with zero attached hydrogens (tertiary/aromatic N) is 2. The van der Waals surface area contributed by atoms with E-state index >= 15 is 0 Å². The molecular weight excluding hydrogens is 436 g/mol. The highest BCUT2D eigenvalue weighted by molar-refractivity contribution is 5.94. The number of ether oxygens (including phenoxy) is 2. The lowest BCUT2D eigenvalue weighted by molar-refractivity contribution is 0.0628. The molecular formula is C30H30N2O3. The van der Waals surface area contributed by atoms with Crippen LogP contribution in [0.3, 0.4) is 0 Å². The van der Waals surface area contributed by atoms with Crippen molar-refractivity contribution in [2.45, 2.75) is 13.2 Å². The Bertz CT molecular complexity index is 1300. The Morgan fingerprint density at radius 3 is 2.31 bits per heavy atom. The summed E-state index contributed by atoms with van der Waals surface area (Å²) in [6.07, 6.45) is 0. The van der Waals surface area contributed by atoms with Crippen molar-refractivity contribution in [2.75, 3.05) is 33.3 Å². The third kappa shape index (κ3) is 5.47. The largest absolute Gasteiger partial charge is 0.496 e. The molecule has 1 fully saturated rings. The van der Waals surface area contributed by atoms with Crippen LogP contribution in [0.4, 0.5) is 0 Å². The molecule has 35 heavy (non-hydrogen) atoms. The molecule has 4 aromatic rings. The standard InChI is InChI=1S/C30H30N2O3/c1-34-29-14-12-26(19-27(29)22-35-28-13-11-24-9-5-6-10-25(24)20-28)30(33)32-17-15-31(16-18-32)21-23-7-3-2-4-8-23/h2-14,19-20H,15-18,21-22H2,1H3. The van der Waals surface area contributed by atoms with Gasteiger partial charge >= 0.3 is 0 Å². The number of hydrogen-bond acceptors (Lipinski definition) is 4. The third-order valence-electron chi connectivity index (χ3n) is 6.55. The monoisotopic (exact) mass is 466 g/mol. The molecule has 1 aliphatic rings. The number of rotatable bonds is 7. The molecule has 0 unspecified atom stereocenters. The second-order valence-corrected chi connectivity index (χ2v) is 8.88. The van der Waals surface area contributed by atoms with Crippen molar-refractivity contribution in [3.05, 3.63) is 108 Å². The van der Waals surface area contributed by atoms with Crippen molar-refractivity contribution in [3.8, 4) is 11.5 Å². The molecule has 5 rings (SSSR count). The Kier molecular flexibility index (Phi) is 6.96. The Morgan fingerprint density at radius 2 is 1.54 bits per heavy atom. The van der Waals surface area contributed by atoms with Crippen LogP contribution in [0.2, 0.25) is 0 Å². The van der Waals surface area contributed by atoms with E-state index < -0.39 is 0 Å². The van der Waals surface area contributed by atoms with Crippen LogP contribution in [-0.4, -0.2) is 49.0 Å². The lowest BCUT2D eigenvalue weighted by Crippen LogP contribution is -2.48. The van der Waals surface area contributed by atoms with Crippen molar-refractivity contribution in [1.29, 1.82) is 0 Å². The minimum absolute atomic E-state index is 0.0546. The van der Waals surface area contributed by atoms with Gasteiger partial charge in [0.05, 0.1) is 7.11 Å². The molecule has 0 radical (unpaired) electrons. The maximum atomic E-state index is 13.3. The quantitative estimate of drug-likeness (QED) is 0.367. The van der Waals surface area contributed by atoms with Gasteiger partial charge in [-0.15, -0.1) is 0 Å². The van der Waals surface area contributed by atoms with Gasteiger partial charge in [-0.3, -0.25) is 9.69 Å². The Balaban J connectivity index is 1.23. The lowest BCUT2D eigenvalue weighted by atomic mass is 10.1. The van der Waals surface area contributed by atoms with Crippen molar-refractivity contribution in [3.63, 3.8) is 0 Å². The van der Waals surface area contributed by atoms with Crippen molar-refractivity contribution in [2.24, 2.45) is 0 Å². The van der Waals surface area contributed by atoms with E-state index in [2.05, 4.69) is 47.4 Å². The highest BCUT2D eigenvalue weighted by Crippen LogP contribution is 2.25. The molecule has 1 heterocycles. The normalized spacial score (nSPS) is 14.1. The number of fused-ring (bicyclic) bond motifs is 1. The van der Waals surface area contributed by atoms with Gasteiger partial charge in [-0.25, -0.2) is 0 Å². The zero-order chi connectivity index (χ0) is 24.0. The van der Waals surface area contributed by atoms with Crippen molar-refractivity contribution in [1.82, 2.24) is 9.80 Å². The van der Waals surface area contributed by atoms with Gasteiger partial charge in [-0.1, -0.05) is 60.7 Å². The predicted molar refractivity (Wildman–Crippen MR) is 139 cm³/mol. The fourth-order valence-electron chi connectivity index (χ4n) is 4.58. The number of benzene rings is 4. The summed E-state index contributed by atoms with van der Waals surface area (Å²) in [6, 6.07) is 30.3. The molecule has 1 amide bonds. The van der Waals surface area contributed by atoms with Gasteiger partial charge in [0, 0.05) is 43.9 Å². The molecule has 5 nitrogen and oxygen atoms in total. The lowest BCUT2D eigenvalue weighted by Gasteiger charge is -2.35. The molecule has 1 aliphatic heterocycles. The number of amides is 1. The van der Waals surface area contributed by atoms with E-state index in [1.54, 1.807) is 7.11 Å². The molecule has 0 bridgehead atoms. The summed E-state index contributed by atoms with van der Waals surface area (Å²) in [4.78, 5) is 17.6. The molecule has 178 valence electrons. The van der Waals surface area contributed by atoms with E-state index in [1.165, 1.54) is 10.9 Å². The smallest absolute Gasteiger partial charge is 0.253 e. The van der Waals surface area contributed by atoms with Gasteiger partial charge in [0.25, 0.3) is 5.91 Å². The van der Waals surface area contributed by atoms with E-state index in [1.807, 2.05) is 53.4 Å². The van der Waals surface area contributed by atoms with Gasteiger partial charge in [0.1, 0.15) is 18.1 Å². The van der Waals surface area contributed by atoms with Crippen molar-refractivity contribution >= 4 is 16.7 Å². The molecule has 4 aromatic carbocycles. The van der Waals surface area contributed by atoms with E-state index in [4.69, 9.17) is 9.47 Å². The molecule has 5 heteroatoms. The maximum absolute atomic E-state index is 13.3. The summed E-state index contributed by atoms with van der Waals surface area (Å²) < 4.78 is 11.6. The summed E-state index contributed by atoms with van der Waals surface area (Å²) in [5.74, 6) is 1.56. The van der Waals surface area contributed by atoms with Crippen LogP contribution in [0.15, 0.2) is 91.0 Å². The molecule has 0 spiro atoms. The molecule has 0 aromatic heterocycles. The Labute approximate surface area is 206 Å². The number of carbonyl (C=O) groups is 1. The molecule has 0 atom stereocenters. The average Bonchev–Trinajstić information content (AvgIpc) is 2.92. The molecule has 0 saturated carbocycles. The highest BCUT2D eigenvalue weighted by atomic mass is 16.5. The first-order valence-electron chi connectivity index (χ1n) is 12.0. The average molecular weight is 467 g/mol. The van der Waals surface area contributed by atoms with Crippen LogP contribution in [0.1, 0.15) is 21.5 Å². The third-order valence-corrected chi connectivity index (χ3v) is 6.55. The molecule has 0 aliphatic carbocycles. The maximum Gasteiger partial charge on any atom is 0.253 e. The Morgan fingerprint density at radius 1 is 0.800 bits per heavy atom. The zero-order valence-electron chi connectivity index (χ0n) is 20.0. The van der Waals surface area contributed by atoms with Crippen LogP contribution in [0.25, 0.3) is 10.8 Å². The summed E-state index contributed by atoms with van der Waals surface area (Å²) in [7, 11) is 1.64. The highest BCUT2D eigenvalue weighted by Gasteiger charge is 2.23. The van der Waals surface area contributed by atoms with E-state index in [-0.39, 0.29) is 5.91 Å². The summed E-state index contributed by atoms with van der Waals surface area (Å²) in [5.41, 5.74) is 2.83. The van der Waals surface area contributed by atoms with Gasteiger partial charge in [0.15, 0.2) is 0 Å².